The molecule has 74 valence electrons. The Morgan fingerprint density at radius 2 is 1.69 bits per heavy atom. The third-order valence-electron chi connectivity index (χ3n) is 3.59. The zero-order valence-electron chi connectivity index (χ0n) is 8.68. The van der Waals surface area contributed by atoms with Crippen LogP contribution in [0.5, 0.6) is 0 Å². The zero-order valence-corrected chi connectivity index (χ0v) is 8.68. The first-order valence-corrected chi connectivity index (χ1v) is 5.42. The molecule has 2 nitrogen and oxygen atoms in total. The number of hydrogen-bond donors (Lipinski definition) is 0. The average Bonchev–Trinajstić information content (AvgIpc) is 2.85. The maximum Gasteiger partial charge on any atom is 0.225 e. The summed E-state index contributed by atoms with van der Waals surface area (Å²) >= 11 is 0. The summed E-state index contributed by atoms with van der Waals surface area (Å²) in [6, 6.07) is 0. The highest BCUT2D eigenvalue weighted by molar-refractivity contribution is 5.78. The van der Waals surface area contributed by atoms with Crippen molar-refractivity contribution in [1.29, 1.82) is 0 Å². The van der Waals surface area contributed by atoms with Crippen molar-refractivity contribution >= 4 is 5.91 Å². The maximum atomic E-state index is 11.7. The van der Waals surface area contributed by atoms with Crippen LogP contribution < -0.4 is 0 Å². The third-order valence-corrected chi connectivity index (χ3v) is 3.59. The van der Waals surface area contributed by atoms with Crippen molar-refractivity contribution in [2.75, 3.05) is 13.1 Å². The summed E-state index contributed by atoms with van der Waals surface area (Å²) < 4.78 is 0. The van der Waals surface area contributed by atoms with Gasteiger partial charge in [0.05, 0.1) is 0 Å². The van der Waals surface area contributed by atoms with Gasteiger partial charge in [-0.25, -0.2) is 0 Å². The Hall–Kier alpha value is -0.530. The first kappa shape index (κ1) is 9.04. The second-order valence-corrected chi connectivity index (χ2v) is 4.98. The Morgan fingerprint density at radius 1 is 1.15 bits per heavy atom. The number of hydrogen-bond acceptors (Lipinski definition) is 1. The maximum absolute atomic E-state index is 11.7. The predicted octanol–water partition coefficient (Wildman–Crippen LogP) is 2.04. The van der Waals surface area contributed by atoms with E-state index in [2.05, 4.69) is 0 Å². The van der Waals surface area contributed by atoms with Gasteiger partial charge >= 0.3 is 0 Å². The van der Waals surface area contributed by atoms with Gasteiger partial charge in [0.1, 0.15) is 0 Å². The lowest BCUT2D eigenvalue weighted by atomic mass is 9.93. The summed E-state index contributed by atoms with van der Waals surface area (Å²) in [4.78, 5) is 13.7. The van der Waals surface area contributed by atoms with E-state index < -0.39 is 0 Å². The molecular weight excluding hydrogens is 162 g/mol. The van der Waals surface area contributed by atoms with Crippen LogP contribution in [0.15, 0.2) is 0 Å². The number of amides is 1. The standard InChI is InChI=1S/C11H19NO/c1-9(2)10(13)12-7-5-11(3-4-11)6-8-12/h9H,3-8H2,1-2H3. The fraction of sp³-hybridized carbons (Fsp3) is 0.909. The molecule has 1 saturated carbocycles. The molecule has 1 saturated heterocycles. The van der Waals surface area contributed by atoms with Crippen LogP contribution in [0.2, 0.25) is 0 Å². The van der Waals surface area contributed by atoms with E-state index in [1.165, 1.54) is 25.7 Å². The third kappa shape index (κ3) is 1.72. The van der Waals surface area contributed by atoms with Crippen LogP contribution >= 0.6 is 0 Å². The van der Waals surface area contributed by atoms with Gasteiger partial charge in [-0.3, -0.25) is 4.79 Å². The Morgan fingerprint density at radius 3 is 2.08 bits per heavy atom. The normalized spacial score (nSPS) is 25.3. The van der Waals surface area contributed by atoms with E-state index in [9.17, 15) is 4.79 Å². The van der Waals surface area contributed by atoms with Crippen LogP contribution in [0.3, 0.4) is 0 Å². The van der Waals surface area contributed by atoms with Gasteiger partial charge < -0.3 is 4.90 Å². The number of likely N-dealkylation sites (tertiary alicyclic amines) is 1. The lowest BCUT2D eigenvalue weighted by molar-refractivity contribution is -0.136. The molecule has 13 heavy (non-hydrogen) atoms. The Balaban J connectivity index is 1.87. The van der Waals surface area contributed by atoms with Gasteiger partial charge in [0.2, 0.25) is 5.91 Å². The topological polar surface area (TPSA) is 20.3 Å². The molecule has 2 rings (SSSR count). The number of piperidine rings is 1. The Kier molecular flexibility index (Phi) is 2.09. The smallest absolute Gasteiger partial charge is 0.225 e. The van der Waals surface area contributed by atoms with Gasteiger partial charge in [0.15, 0.2) is 0 Å². The van der Waals surface area contributed by atoms with E-state index in [1.807, 2.05) is 18.7 Å². The Bertz CT molecular complexity index is 208. The van der Waals surface area contributed by atoms with Gasteiger partial charge in [0, 0.05) is 19.0 Å². The van der Waals surface area contributed by atoms with E-state index in [0.29, 0.717) is 11.3 Å². The minimum atomic E-state index is 0.174. The molecule has 1 heterocycles. The first-order chi connectivity index (χ1) is 6.13. The van der Waals surface area contributed by atoms with Crippen LogP contribution in [0, 0.1) is 11.3 Å². The van der Waals surface area contributed by atoms with Crippen molar-refractivity contribution < 1.29 is 4.79 Å². The lowest BCUT2D eigenvalue weighted by Crippen LogP contribution is -2.41. The second-order valence-electron chi connectivity index (χ2n) is 4.98. The number of carbonyl (C=O) groups excluding carboxylic acids is 1. The van der Waals surface area contributed by atoms with Crippen molar-refractivity contribution in [2.24, 2.45) is 11.3 Å². The molecule has 1 amide bonds. The molecule has 1 aliphatic heterocycles. The zero-order chi connectivity index (χ0) is 9.47. The van der Waals surface area contributed by atoms with Crippen molar-refractivity contribution in [3.63, 3.8) is 0 Å². The highest BCUT2D eigenvalue weighted by atomic mass is 16.2. The molecule has 2 fully saturated rings. The molecule has 0 radical (unpaired) electrons. The minimum absolute atomic E-state index is 0.174. The first-order valence-electron chi connectivity index (χ1n) is 5.42. The van der Waals surface area contributed by atoms with Gasteiger partial charge in [-0.2, -0.15) is 0 Å². The molecule has 0 bridgehead atoms. The predicted molar refractivity (Wildman–Crippen MR) is 52.3 cm³/mol. The monoisotopic (exact) mass is 181 g/mol. The van der Waals surface area contributed by atoms with Crippen molar-refractivity contribution in [1.82, 2.24) is 4.90 Å². The summed E-state index contributed by atoms with van der Waals surface area (Å²) in [5.74, 6) is 0.517. The average molecular weight is 181 g/mol. The van der Waals surface area contributed by atoms with Crippen molar-refractivity contribution in [2.45, 2.75) is 39.5 Å². The van der Waals surface area contributed by atoms with Crippen molar-refractivity contribution in [3.05, 3.63) is 0 Å². The molecule has 1 aliphatic carbocycles. The number of carbonyl (C=O) groups is 1. The molecule has 0 unspecified atom stereocenters. The minimum Gasteiger partial charge on any atom is -0.342 e. The van der Waals surface area contributed by atoms with Crippen LogP contribution in [-0.2, 0) is 4.79 Å². The van der Waals surface area contributed by atoms with E-state index in [1.54, 1.807) is 0 Å². The highest BCUT2D eigenvalue weighted by Crippen LogP contribution is 2.53. The molecule has 2 aliphatic rings. The summed E-state index contributed by atoms with van der Waals surface area (Å²) in [5, 5.41) is 0. The summed E-state index contributed by atoms with van der Waals surface area (Å²) in [6.45, 7) is 6.00. The van der Waals surface area contributed by atoms with Crippen molar-refractivity contribution in [3.8, 4) is 0 Å². The molecule has 0 aromatic rings. The van der Waals surface area contributed by atoms with Gasteiger partial charge in [0.25, 0.3) is 0 Å². The van der Waals surface area contributed by atoms with Gasteiger partial charge in [-0.15, -0.1) is 0 Å². The highest BCUT2D eigenvalue weighted by Gasteiger charge is 2.45. The van der Waals surface area contributed by atoms with Crippen LogP contribution in [0.25, 0.3) is 0 Å². The molecular formula is C11H19NO. The largest absolute Gasteiger partial charge is 0.342 e. The Labute approximate surface area is 80.3 Å². The van der Waals surface area contributed by atoms with E-state index in [4.69, 9.17) is 0 Å². The van der Waals surface area contributed by atoms with E-state index >= 15 is 0 Å². The summed E-state index contributed by atoms with van der Waals surface area (Å²) in [7, 11) is 0. The van der Waals surface area contributed by atoms with Gasteiger partial charge in [-0.1, -0.05) is 13.8 Å². The fourth-order valence-electron chi connectivity index (χ4n) is 2.24. The second kappa shape index (κ2) is 3.00. The summed E-state index contributed by atoms with van der Waals surface area (Å²) in [5.41, 5.74) is 0.688. The number of nitrogens with zero attached hydrogens (tertiary/aromatic N) is 1. The van der Waals surface area contributed by atoms with E-state index in [-0.39, 0.29) is 5.92 Å². The van der Waals surface area contributed by atoms with E-state index in [0.717, 1.165) is 13.1 Å². The van der Waals surface area contributed by atoms with Crippen LogP contribution in [0.1, 0.15) is 39.5 Å². The lowest BCUT2D eigenvalue weighted by Gasteiger charge is -2.33. The molecule has 0 atom stereocenters. The van der Waals surface area contributed by atoms with Crippen LogP contribution in [0.4, 0.5) is 0 Å². The molecule has 2 heteroatoms. The van der Waals surface area contributed by atoms with Gasteiger partial charge in [-0.05, 0) is 31.1 Å². The molecule has 0 N–H and O–H groups in total. The SMILES string of the molecule is CC(C)C(=O)N1CCC2(CC1)CC2. The van der Waals surface area contributed by atoms with Crippen LogP contribution in [-0.4, -0.2) is 23.9 Å². The molecule has 0 aromatic carbocycles. The summed E-state index contributed by atoms with van der Waals surface area (Å²) in [6.07, 6.45) is 5.34. The molecule has 0 aromatic heterocycles. The fourth-order valence-corrected chi connectivity index (χ4v) is 2.24. The quantitative estimate of drug-likeness (QED) is 0.606. The molecule has 1 spiro atoms. The number of rotatable bonds is 1.